The summed E-state index contributed by atoms with van der Waals surface area (Å²) in [5.41, 5.74) is 1.74. The number of hydrogen-bond acceptors (Lipinski definition) is 6. The van der Waals surface area contributed by atoms with E-state index in [-0.39, 0.29) is 5.92 Å². The molecule has 1 atom stereocenters. The molecule has 0 aliphatic rings. The van der Waals surface area contributed by atoms with E-state index in [0.717, 1.165) is 35.2 Å². The minimum atomic E-state index is -0.930. The Balaban J connectivity index is 2.39. The van der Waals surface area contributed by atoms with Crippen LogP contribution in [-0.4, -0.2) is 56.1 Å². The molecule has 2 aromatic rings. The summed E-state index contributed by atoms with van der Waals surface area (Å²) >= 11 is 0. The first-order valence-corrected chi connectivity index (χ1v) is 8.50. The average Bonchev–Trinajstić information content (AvgIpc) is 2.97. The Hall–Kier alpha value is -2.54. The fraction of sp³-hybridized carbons (Fsp3) is 0.474. The van der Waals surface area contributed by atoms with Crippen molar-refractivity contribution in [3.8, 4) is 5.75 Å². The van der Waals surface area contributed by atoms with Crippen LogP contribution in [0.3, 0.4) is 0 Å². The quantitative estimate of drug-likeness (QED) is 0.531. The number of hydrogen-bond donors (Lipinski definition) is 0. The molecule has 0 radical (unpaired) electrons. The van der Waals surface area contributed by atoms with Crippen LogP contribution in [-0.2, 0) is 20.7 Å². The van der Waals surface area contributed by atoms with E-state index in [0.29, 0.717) is 6.47 Å². The maximum atomic E-state index is 12.7. The van der Waals surface area contributed by atoms with E-state index in [9.17, 15) is 9.59 Å². The lowest BCUT2D eigenvalue weighted by atomic mass is 10.1. The molecule has 2 rings (SSSR count). The summed E-state index contributed by atoms with van der Waals surface area (Å²) in [4.78, 5) is 25.4. The van der Waals surface area contributed by atoms with E-state index < -0.39 is 12.4 Å². The van der Waals surface area contributed by atoms with Gasteiger partial charge in [0.05, 0.1) is 12.6 Å². The van der Waals surface area contributed by atoms with Crippen molar-refractivity contribution < 1.29 is 23.8 Å². The zero-order valence-corrected chi connectivity index (χ0v) is 15.9. The number of methoxy groups -OCH3 is 1. The maximum absolute atomic E-state index is 12.7. The van der Waals surface area contributed by atoms with Crippen LogP contribution in [0.25, 0.3) is 10.9 Å². The van der Waals surface area contributed by atoms with E-state index in [4.69, 9.17) is 14.2 Å². The van der Waals surface area contributed by atoms with Gasteiger partial charge in [-0.25, -0.2) is 4.79 Å². The molecule has 0 saturated carbocycles. The Morgan fingerprint density at radius 1 is 1.31 bits per heavy atom. The molecule has 0 fully saturated rings. The third kappa shape index (κ3) is 4.54. The monoisotopic (exact) mass is 362 g/mol. The zero-order chi connectivity index (χ0) is 19.3. The first kappa shape index (κ1) is 19.8. The van der Waals surface area contributed by atoms with Gasteiger partial charge in [-0.15, -0.1) is 0 Å². The summed E-state index contributed by atoms with van der Waals surface area (Å²) in [7, 11) is 5.60. The van der Waals surface area contributed by atoms with Crippen molar-refractivity contribution >= 4 is 23.5 Å². The van der Waals surface area contributed by atoms with Gasteiger partial charge in [-0.3, -0.25) is 9.36 Å². The highest BCUT2D eigenvalue weighted by Gasteiger charge is 2.22. The fourth-order valence-corrected chi connectivity index (χ4v) is 2.63. The molecule has 7 nitrogen and oxygen atoms in total. The number of likely N-dealkylation sites (N-methyl/N-ethyl adjacent to an activating group) is 1. The summed E-state index contributed by atoms with van der Waals surface area (Å²) in [6.45, 7) is 4.75. The van der Waals surface area contributed by atoms with Gasteiger partial charge >= 0.3 is 6.09 Å². The first-order valence-electron chi connectivity index (χ1n) is 8.50. The van der Waals surface area contributed by atoms with Crippen LogP contribution in [0.4, 0.5) is 4.79 Å². The second kappa shape index (κ2) is 8.71. The van der Waals surface area contributed by atoms with E-state index in [1.165, 1.54) is 4.57 Å². The number of benzene rings is 1. The highest BCUT2D eigenvalue weighted by Crippen LogP contribution is 2.27. The lowest BCUT2D eigenvalue weighted by Gasteiger charge is -2.19. The van der Waals surface area contributed by atoms with Crippen molar-refractivity contribution in [3.05, 3.63) is 30.0 Å². The van der Waals surface area contributed by atoms with Crippen LogP contribution in [0.15, 0.2) is 24.4 Å². The number of fused-ring (bicyclic) bond motifs is 1. The Bertz CT molecular complexity index is 767. The Morgan fingerprint density at radius 2 is 2.04 bits per heavy atom. The summed E-state index contributed by atoms with van der Waals surface area (Å²) in [6.07, 6.45) is 1.03. The number of carbonyl (C=O) groups is 2. The van der Waals surface area contributed by atoms with Gasteiger partial charge in [-0.1, -0.05) is 13.8 Å². The standard InChI is InChI=1S/C19H26N2O5/c1-13(2)18(25-12-22)26-19(23)21-11-14(8-9-20(3)4)16-10-15(24-5)6-7-17(16)21/h6-7,10-13,18H,8-9H2,1-5H3. The van der Waals surface area contributed by atoms with Gasteiger partial charge in [0.25, 0.3) is 12.8 Å². The molecule has 1 unspecified atom stereocenters. The molecule has 1 heterocycles. The topological polar surface area (TPSA) is 70.0 Å². The molecule has 0 aliphatic heterocycles. The molecule has 0 amide bonds. The molecule has 26 heavy (non-hydrogen) atoms. The largest absolute Gasteiger partial charge is 0.497 e. The van der Waals surface area contributed by atoms with Crippen molar-refractivity contribution in [1.29, 1.82) is 0 Å². The number of rotatable bonds is 8. The van der Waals surface area contributed by atoms with Gasteiger partial charge in [0, 0.05) is 24.0 Å². The summed E-state index contributed by atoms with van der Waals surface area (Å²) in [5, 5.41) is 0.931. The maximum Gasteiger partial charge on any atom is 0.421 e. The number of nitrogens with zero attached hydrogens (tertiary/aromatic N) is 2. The predicted molar refractivity (Wildman–Crippen MR) is 98.4 cm³/mol. The van der Waals surface area contributed by atoms with Gasteiger partial charge < -0.3 is 19.1 Å². The third-order valence-corrected chi connectivity index (χ3v) is 4.07. The van der Waals surface area contributed by atoms with Crippen LogP contribution >= 0.6 is 0 Å². The third-order valence-electron chi connectivity index (χ3n) is 4.07. The molecule has 0 saturated heterocycles. The van der Waals surface area contributed by atoms with E-state index in [1.54, 1.807) is 19.4 Å². The molecule has 0 N–H and O–H groups in total. The fourth-order valence-electron chi connectivity index (χ4n) is 2.63. The second-order valence-corrected chi connectivity index (χ2v) is 6.69. The SMILES string of the molecule is COc1ccc2c(c1)c(CCN(C)C)cn2C(=O)OC(OC=O)C(C)C. The zero-order valence-electron chi connectivity index (χ0n) is 15.9. The van der Waals surface area contributed by atoms with Crippen molar-refractivity contribution in [3.63, 3.8) is 0 Å². The number of aromatic nitrogens is 1. The first-order chi connectivity index (χ1) is 12.4. The molecule has 7 heteroatoms. The van der Waals surface area contributed by atoms with Crippen molar-refractivity contribution in [1.82, 2.24) is 9.47 Å². The molecule has 0 bridgehead atoms. The smallest absolute Gasteiger partial charge is 0.421 e. The second-order valence-electron chi connectivity index (χ2n) is 6.69. The molecule has 1 aromatic carbocycles. The summed E-state index contributed by atoms with van der Waals surface area (Å²) < 4.78 is 17.0. The lowest BCUT2D eigenvalue weighted by molar-refractivity contribution is -0.159. The molecule has 0 spiro atoms. The molecule has 142 valence electrons. The lowest BCUT2D eigenvalue weighted by Crippen LogP contribution is -2.28. The predicted octanol–water partition coefficient (Wildman–Crippen LogP) is 2.89. The van der Waals surface area contributed by atoms with Crippen LogP contribution < -0.4 is 4.74 Å². The van der Waals surface area contributed by atoms with E-state index in [2.05, 4.69) is 4.90 Å². The van der Waals surface area contributed by atoms with Crippen molar-refractivity contribution in [2.24, 2.45) is 5.92 Å². The van der Waals surface area contributed by atoms with Gasteiger partial charge in [-0.05, 0) is 44.3 Å². The normalized spacial score (nSPS) is 12.4. The van der Waals surface area contributed by atoms with E-state index >= 15 is 0 Å². The molecule has 1 aromatic heterocycles. The number of ether oxygens (including phenoxy) is 3. The van der Waals surface area contributed by atoms with Gasteiger partial charge in [-0.2, -0.15) is 0 Å². The van der Waals surface area contributed by atoms with Crippen LogP contribution in [0.5, 0.6) is 5.75 Å². The Labute approximate surface area is 153 Å². The van der Waals surface area contributed by atoms with Gasteiger partial charge in [0.15, 0.2) is 0 Å². The van der Waals surface area contributed by atoms with Crippen molar-refractivity contribution in [2.45, 2.75) is 26.6 Å². The van der Waals surface area contributed by atoms with Gasteiger partial charge in [0.1, 0.15) is 5.75 Å². The highest BCUT2D eigenvalue weighted by molar-refractivity contribution is 5.92. The van der Waals surface area contributed by atoms with Gasteiger partial charge in [0.2, 0.25) is 0 Å². The summed E-state index contributed by atoms with van der Waals surface area (Å²) in [6, 6.07) is 5.52. The number of carbonyl (C=O) groups excluding carboxylic acids is 2. The minimum Gasteiger partial charge on any atom is -0.497 e. The van der Waals surface area contributed by atoms with Crippen molar-refractivity contribution in [2.75, 3.05) is 27.7 Å². The highest BCUT2D eigenvalue weighted by atomic mass is 16.7. The van der Waals surface area contributed by atoms with Crippen LogP contribution in [0, 0.1) is 5.92 Å². The minimum absolute atomic E-state index is 0.153. The van der Waals surface area contributed by atoms with Crippen LogP contribution in [0.1, 0.15) is 19.4 Å². The average molecular weight is 362 g/mol. The Morgan fingerprint density at radius 3 is 2.62 bits per heavy atom. The summed E-state index contributed by atoms with van der Waals surface area (Å²) in [5.74, 6) is 0.568. The molecule has 0 aliphatic carbocycles. The Kier molecular flexibility index (Phi) is 6.63. The van der Waals surface area contributed by atoms with E-state index in [1.807, 2.05) is 40.1 Å². The molecular formula is C19H26N2O5. The van der Waals surface area contributed by atoms with Crippen LogP contribution in [0.2, 0.25) is 0 Å². The molecular weight excluding hydrogens is 336 g/mol.